The van der Waals surface area contributed by atoms with Crippen molar-refractivity contribution in [3.05, 3.63) is 30.3 Å². The molecule has 0 aromatic heterocycles. The zero-order valence-corrected chi connectivity index (χ0v) is 12.6. The van der Waals surface area contributed by atoms with E-state index in [1.165, 1.54) is 0 Å². The summed E-state index contributed by atoms with van der Waals surface area (Å²) < 4.78 is 5.28. The van der Waals surface area contributed by atoms with Gasteiger partial charge in [0.05, 0.1) is 6.54 Å². The van der Waals surface area contributed by atoms with Gasteiger partial charge in [-0.25, -0.2) is 0 Å². The summed E-state index contributed by atoms with van der Waals surface area (Å²) in [5.74, 6) is 0.116. The quantitative estimate of drug-likeness (QED) is 0.640. The van der Waals surface area contributed by atoms with E-state index in [1.54, 1.807) is 12.1 Å². The molecule has 0 fully saturated rings. The number of nitrogens with zero attached hydrogens (tertiary/aromatic N) is 1. The van der Waals surface area contributed by atoms with E-state index in [9.17, 15) is 9.59 Å². The first kappa shape index (κ1) is 17.0. The first-order valence-corrected chi connectivity index (χ1v) is 6.94. The lowest BCUT2D eigenvalue weighted by Crippen LogP contribution is -2.39. The van der Waals surface area contributed by atoms with E-state index < -0.39 is 0 Å². The zero-order chi connectivity index (χ0) is 15.5. The lowest BCUT2D eigenvalue weighted by Gasteiger charge is -2.10. The SMILES string of the molecule is CN(C)CCCNC(=O)CNC(=O)COc1ccccc1. The molecule has 1 aromatic carbocycles. The van der Waals surface area contributed by atoms with Crippen LogP contribution in [-0.4, -0.2) is 57.1 Å². The summed E-state index contributed by atoms with van der Waals surface area (Å²) in [6, 6.07) is 9.06. The second kappa shape index (κ2) is 9.77. The highest BCUT2D eigenvalue weighted by molar-refractivity contribution is 5.85. The zero-order valence-electron chi connectivity index (χ0n) is 12.6. The van der Waals surface area contributed by atoms with Crippen molar-refractivity contribution >= 4 is 11.8 Å². The molecule has 6 heteroatoms. The molecule has 21 heavy (non-hydrogen) atoms. The number of carbonyl (C=O) groups is 2. The van der Waals surface area contributed by atoms with Crippen LogP contribution in [0.15, 0.2) is 30.3 Å². The Morgan fingerprint density at radius 1 is 1.10 bits per heavy atom. The van der Waals surface area contributed by atoms with Gasteiger partial charge in [-0.2, -0.15) is 0 Å². The highest BCUT2D eigenvalue weighted by Gasteiger charge is 2.05. The van der Waals surface area contributed by atoms with Gasteiger partial charge in [0.25, 0.3) is 5.91 Å². The Balaban J connectivity index is 2.08. The predicted octanol–water partition coefficient (Wildman–Crippen LogP) is 0.250. The van der Waals surface area contributed by atoms with Crippen LogP contribution in [0, 0.1) is 0 Å². The van der Waals surface area contributed by atoms with Gasteiger partial charge in [-0.1, -0.05) is 18.2 Å². The third-order valence-corrected chi connectivity index (χ3v) is 2.66. The smallest absolute Gasteiger partial charge is 0.258 e. The van der Waals surface area contributed by atoms with Crippen molar-refractivity contribution in [2.45, 2.75) is 6.42 Å². The maximum atomic E-state index is 11.5. The third-order valence-electron chi connectivity index (χ3n) is 2.66. The summed E-state index contributed by atoms with van der Waals surface area (Å²) in [5.41, 5.74) is 0. The van der Waals surface area contributed by atoms with Gasteiger partial charge in [0.1, 0.15) is 5.75 Å². The minimum atomic E-state index is -0.317. The minimum Gasteiger partial charge on any atom is -0.484 e. The summed E-state index contributed by atoms with van der Waals surface area (Å²) in [4.78, 5) is 25.1. The Hall–Kier alpha value is -2.08. The Bertz CT molecular complexity index is 435. The maximum absolute atomic E-state index is 11.5. The van der Waals surface area contributed by atoms with Crippen LogP contribution in [0.3, 0.4) is 0 Å². The van der Waals surface area contributed by atoms with Gasteiger partial charge in [-0.05, 0) is 39.2 Å². The number of amides is 2. The van der Waals surface area contributed by atoms with Crippen LogP contribution < -0.4 is 15.4 Å². The summed E-state index contributed by atoms with van der Waals surface area (Å²) >= 11 is 0. The van der Waals surface area contributed by atoms with Gasteiger partial charge in [0.2, 0.25) is 5.91 Å². The number of nitrogens with one attached hydrogen (secondary N) is 2. The number of hydrogen-bond acceptors (Lipinski definition) is 4. The normalized spacial score (nSPS) is 10.2. The molecule has 1 aromatic rings. The third kappa shape index (κ3) is 8.65. The van der Waals surface area contributed by atoms with Crippen molar-refractivity contribution in [3.8, 4) is 5.75 Å². The van der Waals surface area contributed by atoms with Gasteiger partial charge in [0, 0.05) is 6.54 Å². The molecule has 0 spiro atoms. The lowest BCUT2D eigenvalue weighted by atomic mass is 10.3. The van der Waals surface area contributed by atoms with Gasteiger partial charge >= 0.3 is 0 Å². The first-order chi connectivity index (χ1) is 10.1. The van der Waals surface area contributed by atoms with Crippen molar-refractivity contribution in [2.75, 3.05) is 40.3 Å². The Kier molecular flexibility index (Phi) is 7.89. The lowest BCUT2D eigenvalue weighted by molar-refractivity contribution is -0.127. The monoisotopic (exact) mass is 293 g/mol. The fraction of sp³-hybridized carbons (Fsp3) is 0.467. The molecule has 0 saturated carbocycles. The van der Waals surface area contributed by atoms with Crippen LogP contribution in [0.1, 0.15) is 6.42 Å². The Labute approximate surface area is 125 Å². The molecule has 0 bridgehead atoms. The van der Waals surface area contributed by atoms with Crippen molar-refractivity contribution in [1.82, 2.24) is 15.5 Å². The van der Waals surface area contributed by atoms with Gasteiger partial charge in [-0.3, -0.25) is 9.59 Å². The molecule has 0 unspecified atom stereocenters. The van der Waals surface area contributed by atoms with E-state index in [0.717, 1.165) is 13.0 Å². The second-order valence-corrected chi connectivity index (χ2v) is 4.89. The van der Waals surface area contributed by atoms with E-state index in [-0.39, 0.29) is 25.0 Å². The molecular formula is C15H23N3O3. The molecular weight excluding hydrogens is 270 g/mol. The fourth-order valence-electron chi connectivity index (χ4n) is 1.58. The summed E-state index contributed by atoms with van der Waals surface area (Å²) in [6.07, 6.45) is 0.879. The minimum absolute atomic E-state index is 0.0288. The van der Waals surface area contributed by atoms with Crippen molar-refractivity contribution in [1.29, 1.82) is 0 Å². The molecule has 6 nitrogen and oxygen atoms in total. The van der Waals surface area contributed by atoms with E-state index in [4.69, 9.17) is 4.74 Å². The van der Waals surface area contributed by atoms with Crippen molar-refractivity contribution < 1.29 is 14.3 Å². The first-order valence-electron chi connectivity index (χ1n) is 6.94. The Morgan fingerprint density at radius 3 is 2.48 bits per heavy atom. The topological polar surface area (TPSA) is 70.7 Å². The predicted molar refractivity (Wildman–Crippen MR) is 81.1 cm³/mol. The summed E-state index contributed by atoms with van der Waals surface area (Å²) in [5, 5.41) is 5.26. The van der Waals surface area contributed by atoms with E-state index in [2.05, 4.69) is 15.5 Å². The van der Waals surface area contributed by atoms with Gasteiger partial charge in [0.15, 0.2) is 6.61 Å². The number of para-hydroxylation sites is 1. The molecule has 0 atom stereocenters. The fourth-order valence-corrected chi connectivity index (χ4v) is 1.58. The second-order valence-electron chi connectivity index (χ2n) is 4.89. The number of carbonyl (C=O) groups excluding carboxylic acids is 2. The molecule has 0 saturated heterocycles. The standard InChI is InChI=1S/C15H23N3O3/c1-18(2)10-6-9-16-14(19)11-17-15(20)12-21-13-7-4-3-5-8-13/h3-5,7-8H,6,9-12H2,1-2H3,(H,16,19)(H,17,20). The molecule has 0 radical (unpaired) electrons. The number of rotatable bonds is 9. The Morgan fingerprint density at radius 2 is 1.81 bits per heavy atom. The molecule has 0 aliphatic rings. The number of hydrogen-bond donors (Lipinski definition) is 2. The highest BCUT2D eigenvalue weighted by Crippen LogP contribution is 2.07. The van der Waals surface area contributed by atoms with E-state index >= 15 is 0 Å². The molecule has 1 rings (SSSR count). The summed E-state index contributed by atoms with van der Waals surface area (Å²) in [6.45, 7) is 1.39. The van der Waals surface area contributed by atoms with Crippen molar-refractivity contribution in [2.24, 2.45) is 0 Å². The maximum Gasteiger partial charge on any atom is 0.258 e. The van der Waals surface area contributed by atoms with Crippen LogP contribution in [0.2, 0.25) is 0 Å². The summed E-state index contributed by atoms with van der Waals surface area (Å²) in [7, 11) is 3.96. The highest BCUT2D eigenvalue weighted by atomic mass is 16.5. The van der Waals surface area contributed by atoms with Gasteiger partial charge < -0.3 is 20.3 Å². The van der Waals surface area contributed by atoms with Crippen molar-refractivity contribution in [3.63, 3.8) is 0 Å². The molecule has 0 aliphatic carbocycles. The average molecular weight is 293 g/mol. The molecule has 116 valence electrons. The molecule has 2 N–H and O–H groups in total. The van der Waals surface area contributed by atoms with E-state index in [1.807, 2.05) is 32.3 Å². The average Bonchev–Trinajstić information content (AvgIpc) is 2.48. The molecule has 0 heterocycles. The molecule has 0 aliphatic heterocycles. The van der Waals surface area contributed by atoms with E-state index in [0.29, 0.717) is 12.3 Å². The van der Waals surface area contributed by atoms with Crippen LogP contribution in [0.25, 0.3) is 0 Å². The van der Waals surface area contributed by atoms with Crippen LogP contribution in [-0.2, 0) is 9.59 Å². The number of benzene rings is 1. The number of ether oxygens (including phenoxy) is 1. The molecule has 2 amide bonds. The van der Waals surface area contributed by atoms with Gasteiger partial charge in [-0.15, -0.1) is 0 Å². The largest absolute Gasteiger partial charge is 0.484 e. The van der Waals surface area contributed by atoms with Crippen LogP contribution in [0.4, 0.5) is 0 Å². The van der Waals surface area contributed by atoms with Crippen LogP contribution >= 0.6 is 0 Å². The van der Waals surface area contributed by atoms with Crippen LogP contribution in [0.5, 0.6) is 5.75 Å².